The highest BCUT2D eigenvalue weighted by molar-refractivity contribution is 6.14. The van der Waals surface area contributed by atoms with Crippen molar-refractivity contribution >= 4 is 35.2 Å². The average molecular weight is 1270 g/mol. The van der Waals surface area contributed by atoms with E-state index in [1.54, 1.807) is 35.0 Å². The van der Waals surface area contributed by atoms with Gasteiger partial charge in [0.2, 0.25) is 17.7 Å². The lowest BCUT2D eigenvalue weighted by Crippen LogP contribution is -2.55. The molecule has 26 nitrogen and oxygen atoms in total. The van der Waals surface area contributed by atoms with Crippen LogP contribution in [0.2, 0.25) is 0 Å². The monoisotopic (exact) mass is 1270 g/mol. The number of rotatable bonds is 64. The lowest BCUT2D eigenvalue weighted by atomic mass is 9.94. The molecular weight excluding hydrogens is 1160 g/mol. The van der Waals surface area contributed by atoms with Crippen molar-refractivity contribution in [1.82, 2.24) is 20.4 Å². The van der Waals surface area contributed by atoms with Crippen LogP contribution in [0.3, 0.4) is 0 Å². The Bertz CT molecular complexity index is 1900. The van der Waals surface area contributed by atoms with Crippen LogP contribution in [-0.4, -0.2) is 290 Å². The maximum absolute atomic E-state index is 13.5. The number of ether oxygens (including phenoxy) is 16. The summed E-state index contributed by atoms with van der Waals surface area (Å²) in [5, 5.41) is 8.30. The molecule has 1 aromatic rings. The summed E-state index contributed by atoms with van der Waals surface area (Å²) < 4.78 is 88.2. The highest BCUT2D eigenvalue weighted by Crippen LogP contribution is 2.22. The fourth-order valence-electron chi connectivity index (χ4n) is 8.42. The normalized spacial score (nSPS) is 13.2. The molecule has 1 heterocycles. The van der Waals surface area contributed by atoms with Crippen molar-refractivity contribution in [2.45, 2.75) is 78.8 Å². The van der Waals surface area contributed by atoms with Crippen LogP contribution < -0.4 is 16.0 Å². The summed E-state index contributed by atoms with van der Waals surface area (Å²) in [6.07, 6.45) is 6.37. The number of aryl methyl sites for hydroxylation is 1. The van der Waals surface area contributed by atoms with Gasteiger partial charge in [-0.1, -0.05) is 33.8 Å². The Morgan fingerprint density at radius 2 is 0.787 bits per heavy atom. The zero-order chi connectivity index (χ0) is 64.6. The zero-order valence-electron chi connectivity index (χ0n) is 54.7. The van der Waals surface area contributed by atoms with Crippen molar-refractivity contribution in [3.05, 3.63) is 41.5 Å². The molecule has 0 saturated heterocycles. The van der Waals surface area contributed by atoms with Gasteiger partial charge >= 0.3 is 0 Å². The van der Waals surface area contributed by atoms with E-state index in [-0.39, 0.29) is 5.92 Å². The number of nitrogens with zero attached hydrogens (tertiary/aromatic N) is 2. The molecule has 0 radical (unpaired) electrons. The van der Waals surface area contributed by atoms with Crippen molar-refractivity contribution in [2.75, 3.05) is 244 Å². The smallest absolute Gasteiger partial charge is 0.254 e. The number of hydrogen-bond donors (Lipinski definition) is 3. The Labute approximate surface area is 529 Å². The Kier molecular flexibility index (Phi) is 51.4. The van der Waals surface area contributed by atoms with Crippen molar-refractivity contribution in [3.8, 4) is 0 Å². The molecule has 1 aliphatic heterocycles. The lowest BCUT2D eigenvalue weighted by Gasteiger charge is -2.25. The first-order valence-electron chi connectivity index (χ1n) is 31.7. The van der Waals surface area contributed by atoms with Gasteiger partial charge < -0.3 is 96.6 Å². The van der Waals surface area contributed by atoms with Crippen LogP contribution in [0.4, 0.5) is 5.69 Å². The molecule has 2 atom stereocenters. The summed E-state index contributed by atoms with van der Waals surface area (Å²) in [7, 11) is 3.28. The number of carbonyl (C=O) groups excluding carboxylic acids is 5. The number of imide groups is 1. The third-order valence-corrected chi connectivity index (χ3v) is 13.1. The summed E-state index contributed by atoms with van der Waals surface area (Å²) in [6, 6.07) is 3.99. The van der Waals surface area contributed by atoms with E-state index in [9.17, 15) is 24.0 Å². The van der Waals surface area contributed by atoms with E-state index in [2.05, 4.69) is 40.8 Å². The molecule has 0 aliphatic carbocycles. The zero-order valence-corrected chi connectivity index (χ0v) is 54.7. The third kappa shape index (κ3) is 44.9. The molecule has 0 unspecified atom stereocenters. The second-order valence-corrected chi connectivity index (χ2v) is 21.4. The highest BCUT2D eigenvalue weighted by Gasteiger charge is 2.31. The minimum absolute atomic E-state index is 0.358. The van der Waals surface area contributed by atoms with Crippen molar-refractivity contribution in [3.63, 3.8) is 0 Å². The first kappa shape index (κ1) is 80.9. The second kappa shape index (κ2) is 56.6. The van der Waals surface area contributed by atoms with Crippen LogP contribution >= 0.6 is 0 Å². The molecule has 1 aliphatic rings. The number of anilines is 1. The van der Waals surface area contributed by atoms with E-state index in [0.717, 1.165) is 74.4 Å². The van der Waals surface area contributed by atoms with E-state index in [1.807, 2.05) is 12.1 Å². The Balaban J connectivity index is 1.77. The quantitative estimate of drug-likeness (QED) is 0.0625. The van der Waals surface area contributed by atoms with Gasteiger partial charge in [0.15, 0.2) is 0 Å². The minimum Gasteiger partial charge on any atom is -0.382 e. The minimum atomic E-state index is -1.01. The molecule has 5 amide bonds. The molecule has 0 saturated carbocycles. The summed E-state index contributed by atoms with van der Waals surface area (Å²) in [6.45, 7) is 26.5. The Morgan fingerprint density at radius 1 is 0.438 bits per heavy atom. The maximum Gasteiger partial charge on any atom is 0.254 e. The first-order chi connectivity index (χ1) is 43.4. The summed E-state index contributed by atoms with van der Waals surface area (Å²) >= 11 is 0. The molecule has 3 N–H and O–H groups in total. The maximum atomic E-state index is 13.5. The van der Waals surface area contributed by atoms with Crippen LogP contribution in [0.1, 0.15) is 65.0 Å². The molecule has 26 heteroatoms. The molecule has 2 rings (SSSR count). The number of carbonyl (C=O) groups is 5. The van der Waals surface area contributed by atoms with E-state index in [4.69, 9.17) is 75.8 Å². The van der Waals surface area contributed by atoms with Gasteiger partial charge in [-0.2, -0.15) is 0 Å². The summed E-state index contributed by atoms with van der Waals surface area (Å²) in [4.78, 5) is 66.9. The van der Waals surface area contributed by atoms with Gasteiger partial charge in [0, 0.05) is 58.4 Å². The molecule has 0 spiro atoms. The van der Waals surface area contributed by atoms with Crippen molar-refractivity contribution < 1.29 is 99.8 Å². The fraction of sp³-hybridized carbons (Fsp3) is 0.794. The average Bonchev–Trinajstić information content (AvgIpc) is 3.09. The van der Waals surface area contributed by atoms with Crippen LogP contribution in [0, 0.1) is 11.8 Å². The number of benzene rings is 1. The van der Waals surface area contributed by atoms with Crippen molar-refractivity contribution in [2.24, 2.45) is 11.8 Å². The molecule has 89 heavy (non-hydrogen) atoms. The van der Waals surface area contributed by atoms with Gasteiger partial charge in [-0.3, -0.25) is 28.9 Å². The molecule has 514 valence electrons. The fourth-order valence-corrected chi connectivity index (χ4v) is 8.42. The van der Waals surface area contributed by atoms with E-state index >= 15 is 0 Å². The standard InChI is InChI=1S/C63H111N5O21/c1-52(2)49-56-12-13-57(65-62(72)54(5)64-63(73)61(53(3)4)66-58(69)51-68-59(70)14-15-60(68)71)50-55(56)11-8-16-67(17-9-19-76-25-27-80-33-35-84-41-43-88-47-45-86-39-37-82-31-29-78-23-21-74-6)18-10-20-77-26-28-81-34-36-85-42-44-89-48-46-87-40-38-83-32-30-79-24-22-75-7/h12-15,50,52-54,61H,8-11,16-49,51H2,1-7H3,(H,64,73)(H,65,72)(H,66,69)/t54-,61-/m0/s1. The Morgan fingerprint density at radius 3 is 1.13 bits per heavy atom. The van der Waals surface area contributed by atoms with Gasteiger partial charge in [-0.25, -0.2) is 0 Å². The second-order valence-electron chi connectivity index (χ2n) is 21.4. The van der Waals surface area contributed by atoms with E-state index < -0.39 is 48.2 Å². The van der Waals surface area contributed by atoms with Crippen LogP contribution in [0.15, 0.2) is 30.4 Å². The van der Waals surface area contributed by atoms with Gasteiger partial charge in [0.05, 0.1) is 185 Å². The van der Waals surface area contributed by atoms with Gasteiger partial charge in [0.25, 0.3) is 11.8 Å². The molecular formula is C63H111N5O21. The predicted molar refractivity (Wildman–Crippen MR) is 333 cm³/mol. The highest BCUT2D eigenvalue weighted by atomic mass is 16.6. The predicted octanol–water partition coefficient (Wildman–Crippen LogP) is 2.93. The number of amides is 5. The van der Waals surface area contributed by atoms with E-state index in [0.29, 0.717) is 210 Å². The van der Waals surface area contributed by atoms with Gasteiger partial charge in [0.1, 0.15) is 18.6 Å². The molecule has 1 aromatic carbocycles. The number of nitrogens with one attached hydrogen (secondary N) is 3. The topological polar surface area (TPSA) is 276 Å². The summed E-state index contributed by atoms with van der Waals surface area (Å²) in [5.41, 5.74) is 2.95. The lowest BCUT2D eigenvalue weighted by molar-refractivity contribution is -0.141. The summed E-state index contributed by atoms with van der Waals surface area (Å²) in [5.74, 6) is -2.82. The molecule has 0 bridgehead atoms. The molecule has 0 aromatic heterocycles. The van der Waals surface area contributed by atoms with Crippen LogP contribution in [0.5, 0.6) is 0 Å². The third-order valence-electron chi connectivity index (χ3n) is 13.1. The van der Waals surface area contributed by atoms with Crippen LogP contribution in [-0.2, 0) is 113 Å². The number of methoxy groups -OCH3 is 2. The van der Waals surface area contributed by atoms with Gasteiger partial charge in [-0.05, 0) is 80.7 Å². The van der Waals surface area contributed by atoms with Gasteiger partial charge in [-0.15, -0.1) is 0 Å². The van der Waals surface area contributed by atoms with Crippen molar-refractivity contribution in [1.29, 1.82) is 0 Å². The number of hydrogen-bond acceptors (Lipinski definition) is 22. The first-order valence-corrected chi connectivity index (χ1v) is 31.7. The largest absolute Gasteiger partial charge is 0.382 e. The van der Waals surface area contributed by atoms with E-state index in [1.165, 1.54) is 5.56 Å². The van der Waals surface area contributed by atoms with Crippen LogP contribution in [0.25, 0.3) is 0 Å². The SMILES string of the molecule is COCCOCCOCCOCCOCCOCCOCCOCCCN(CCCOCCOCCOCCOCCOCCOCCOCCOC)CCCc1cc(NC(=O)[C@H](C)NC(=O)[C@@H](NC(=O)CN2C(=O)C=CC2=O)C(C)C)ccc1CC(C)C. The molecule has 0 fully saturated rings. The Hall–Kier alpha value is -4.17.